The van der Waals surface area contributed by atoms with Crippen LogP contribution in [0, 0.1) is 0 Å². The van der Waals surface area contributed by atoms with Crippen LogP contribution in [0.15, 0.2) is 54.7 Å². The van der Waals surface area contributed by atoms with Gasteiger partial charge in [-0.3, -0.25) is 9.59 Å². The molecule has 0 spiro atoms. The quantitative estimate of drug-likeness (QED) is 0.670. The number of carbonyl (C=O) groups is 2. The Kier molecular flexibility index (Phi) is 5.57. The van der Waals surface area contributed by atoms with Gasteiger partial charge in [-0.1, -0.05) is 30.3 Å². The van der Waals surface area contributed by atoms with Gasteiger partial charge in [0, 0.05) is 43.9 Å². The van der Waals surface area contributed by atoms with Crippen LogP contribution in [0.5, 0.6) is 5.75 Å². The van der Waals surface area contributed by atoms with Crippen LogP contribution in [0.2, 0.25) is 0 Å². The summed E-state index contributed by atoms with van der Waals surface area (Å²) in [6.45, 7) is 1.94. The van der Waals surface area contributed by atoms with Crippen molar-refractivity contribution in [3.05, 3.63) is 65.9 Å². The second-order valence-electron chi connectivity index (χ2n) is 8.51. The summed E-state index contributed by atoms with van der Waals surface area (Å²) in [6, 6.07) is 15.9. The number of amides is 2. The van der Waals surface area contributed by atoms with E-state index in [0.29, 0.717) is 26.1 Å². The summed E-state index contributed by atoms with van der Waals surface area (Å²) in [6.07, 6.45) is 3.67. The molecule has 0 aliphatic carbocycles. The second-order valence-corrected chi connectivity index (χ2v) is 8.51. The van der Waals surface area contributed by atoms with E-state index < -0.39 is 6.10 Å². The minimum absolute atomic E-state index is 0.0390. The standard InChI is InChI=1S/C25H27N3O4/c26-24(29)15-28-13-10-20-21(28)6-3-7-22(20)32-19-8-11-27(12-9-19)25(30)23-14-17-4-1-2-5-18(17)16-31-23/h1-7,10,13,19,23H,8-9,11-12,14-16H2,(H2,26,29). The molecule has 2 N–H and O–H groups in total. The number of benzene rings is 2. The predicted octanol–water partition coefficient (Wildman–Crippen LogP) is 2.64. The number of likely N-dealkylation sites (tertiary alicyclic amines) is 1. The Balaban J connectivity index is 1.20. The summed E-state index contributed by atoms with van der Waals surface area (Å²) in [5.74, 6) is 0.489. The number of piperidine rings is 1. The highest BCUT2D eigenvalue weighted by Crippen LogP contribution is 2.30. The zero-order chi connectivity index (χ0) is 22.1. The minimum Gasteiger partial charge on any atom is -0.490 e. The third-order valence-electron chi connectivity index (χ3n) is 6.39. The van der Waals surface area contributed by atoms with Crippen LogP contribution in [0.4, 0.5) is 0 Å². The highest BCUT2D eigenvalue weighted by Gasteiger charge is 2.32. The number of ether oxygens (including phenoxy) is 2. The van der Waals surface area contributed by atoms with E-state index in [0.717, 1.165) is 29.5 Å². The molecule has 0 bridgehead atoms. The Morgan fingerprint density at radius 3 is 2.59 bits per heavy atom. The number of primary amides is 1. The van der Waals surface area contributed by atoms with Crippen molar-refractivity contribution in [2.24, 2.45) is 5.73 Å². The molecule has 2 aliphatic rings. The molecule has 3 aromatic rings. The van der Waals surface area contributed by atoms with Gasteiger partial charge in [-0.25, -0.2) is 0 Å². The molecule has 1 saturated heterocycles. The molecular weight excluding hydrogens is 406 g/mol. The van der Waals surface area contributed by atoms with Crippen LogP contribution in [0.3, 0.4) is 0 Å². The van der Waals surface area contributed by atoms with Crippen molar-refractivity contribution in [2.75, 3.05) is 13.1 Å². The summed E-state index contributed by atoms with van der Waals surface area (Å²) in [4.78, 5) is 26.2. The lowest BCUT2D eigenvalue weighted by Crippen LogP contribution is -2.48. The lowest BCUT2D eigenvalue weighted by Gasteiger charge is -2.35. The second kappa shape index (κ2) is 8.67. The van der Waals surface area contributed by atoms with E-state index in [-0.39, 0.29) is 24.5 Å². The number of aromatic nitrogens is 1. The summed E-state index contributed by atoms with van der Waals surface area (Å²) in [7, 11) is 0. The smallest absolute Gasteiger partial charge is 0.252 e. The first-order valence-electron chi connectivity index (χ1n) is 11.1. The van der Waals surface area contributed by atoms with E-state index in [2.05, 4.69) is 12.1 Å². The van der Waals surface area contributed by atoms with Gasteiger partial charge >= 0.3 is 0 Å². The number of nitrogens with two attached hydrogens (primary N) is 1. The van der Waals surface area contributed by atoms with Crippen molar-refractivity contribution >= 4 is 22.7 Å². The number of fused-ring (bicyclic) bond motifs is 2. The Morgan fingerprint density at radius 1 is 1.03 bits per heavy atom. The third-order valence-corrected chi connectivity index (χ3v) is 6.39. The van der Waals surface area contributed by atoms with E-state index >= 15 is 0 Å². The first-order valence-corrected chi connectivity index (χ1v) is 11.1. The molecule has 2 amide bonds. The minimum atomic E-state index is -0.402. The zero-order valence-electron chi connectivity index (χ0n) is 17.9. The number of rotatable bonds is 5. The zero-order valence-corrected chi connectivity index (χ0v) is 17.9. The van der Waals surface area contributed by atoms with E-state index in [4.69, 9.17) is 15.2 Å². The van der Waals surface area contributed by atoms with Crippen LogP contribution in [-0.4, -0.2) is 46.6 Å². The summed E-state index contributed by atoms with van der Waals surface area (Å²) < 4.78 is 14.0. The van der Waals surface area contributed by atoms with Gasteiger partial charge < -0.3 is 24.7 Å². The van der Waals surface area contributed by atoms with Crippen LogP contribution < -0.4 is 10.5 Å². The molecule has 0 radical (unpaired) electrons. The Morgan fingerprint density at radius 2 is 1.81 bits per heavy atom. The summed E-state index contributed by atoms with van der Waals surface area (Å²) in [5, 5.41) is 0.960. The van der Waals surface area contributed by atoms with E-state index in [1.165, 1.54) is 11.1 Å². The maximum atomic E-state index is 13.0. The molecule has 1 unspecified atom stereocenters. The van der Waals surface area contributed by atoms with E-state index in [1.54, 1.807) is 0 Å². The lowest BCUT2D eigenvalue weighted by atomic mass is 9.98. The Bertz CT molecular complexity index is 1150. The highest BCUT2D eigenvalue weighted by atomic mass is 16.5. The first-order chi connectivity index (χ1) is 15.6. The van der Waals surface area contributed by atoms with Crippen LogP contribution in [-0.2, 0) is 33.9 Å². The predicted molar refractivity (Wildman–Crippen MR) is 120 cm³/mol. The Labute approximate surface area is 186 Å². The molecule has 3 heterocycles. The molecule has 7 nitrogen and oxygen atoms in total. The maximum Gasteiger partial charge on any atom is 0.252 e. The molecule has 7 heteroatoms. The molecule has 2 aliphatic heterocycles. The van der Waals surface area contributed by atoms with Crippen molar-refractivity contribution in [2.45, 2.75) is 44.6 Å². The first kappa shape index (κ1) is 20.6. The number of hydrogen-bond acceptors (Lipinski definition) is 4. The van der Waals surface area contributed by atoms with Crippen molar-refractivity contribution < 1.29 is 19.1 Å². The van der Waals surface area contributed by atoms with Gasteiger partial charge in [-0.15, -0.1) is 0 Å². The SMILES string of the molecule is NC(=O)Cn1ccc2c(OC3CCN(C(=O)C4Cc5ccccc5CO4)CC3)cccc21. The third kappa shape index (κ3) is 4.08. The normalized spacial score (nSPS) is 19.0. The van der Waals surface area contributed by atoms with Gasteiger partial charge in [0.1, 0.15) is 24.5 Å². The van der Waals surface area contributed by atoms with E-state index in [1.807, 2.05) is 52.1 Å². The molecule has 1 fully saturated rings. The fraction of sp³-hybridized carbons (Fsp3) is 0.360. The van der Waals surface area contributed by atoms with Crippen molar-refractivity contribution in [3.63, 3.8) is 0 Å². The fourth-order valence-corrected chi connectivity index (χ4v) is 4.69. The number of nitrogens with zero attached hydrogens (tertiary/aromatic N) is 2. The van der Waals surface area contributed by atoms with E-state index in [9.17, 15) is 9.59 Å². The molecular formula is C25H27N3O4. The van der Waals surface area contributed by atoms with Crippen LogP contribution >= 0.6 is 0 Å². The monoisotopic (exact) mass is 433 g/mol. The summed E-state index contributed by atoms with van der Waals surface area (Å²) >= 11 is 0. The number of hydrogen-bond donors (Lipinski definition) is 1. The Hall–Kier alpha value is -3.32. The topological polar surface area (TPSA) is 86.8 Å². The highest BCUT2D eigenvalue weighted by molar-refractivity contribution is 5.88. The van der Waals surface area contributed by atoms with Gasteiger partial charge in [0.15, 0.2) is 0 Å². The number of carbonyl (C=O) groups excluding carboxylic acids is 2. The van der Waals surface area contributed by atoms with Crippen molar-refractivity contribution in [1.82, 2.24) is 9.47 Å². The van der Waals surface area contributed by atoms with Gasteiger partial charge in [0.05, 0.1) is 12.1 Å². The van der Waals surface area contributed by atoms with Crippen LogP contribution in [0.25, 0.3) is 10.9 Å². The molecule has 2 aromatic carbocycles. The largest absolute Gasteiger partial charge is 0.490 e. The van der Waals surface area contributed by atoms with Gasteiger partial charge in [0.2, 0.25) is 5.91 Å². The van der Waals surface area contributed by atoms with Gasteiger partial charge in [0.25, 0.3) is 5.91 Å². The molecule has 5 rings (SSSR count). The van der Waals surface area contributed by atoms with Crippen molar-refractivity contribution in [3.8, 4) is 5.75 Å². The average Bonchev–Trinajstić information content (AvgIpc) is 3.22. The fourth-order valence-electron chi connectivity index (χ4n) is 4.69. The molecule has 0 saturated carbocycles. The molecule has 1 atom stereocenters. The molecule has 32 heavy (non-hydrogen) atoms. The van der Waals surface area contributed by atoms with Gasteiger partial charge in [-0.2, -0.15) is 0 Å². The maximum absolute atomic E-state index is 13.0. The van der Waals surface area contributed by atoms with Crippen molar-refractivity contribution in [1.29, 1.82) is 0 Å². The molecule has 1 aromatic heterocycles. The van der Waals surface area contributed by atoms with Crippen LogP contribution in [0.1, 0.15) is 24.0 Å². The molecule has 166 valence electrons. The average molecular weight is 434 g/mol. The van der Waals surface area contributed by atoms with Gasteiger partial charge in [-0.05, 0) is 29.3 Å². The lowest BCUT2D eigenvalue weighted by molar-refractivity contribution is -0.147. The summed E-state index contributed by atoms with van der Waals surface area (Å²) in [5.41, 5.74) is 8.63.